The van der Waals surface area contributed by atoms with Crippen molar-refractivity contribution in [3.05, 3.63) is 94.8 Å². The second kappa shape index (κ2) is 9.76. The number of rotatable bonds is 4. The van der Waals surface area contributed by atoms with E-state index in [2.05, 4.69) is 58.1 Å². The molecular formula is C30H29ClN2O. The van der Waals surface area contributed by atoms with Crippen LogP contribution >= 0.6 is 11.6 Å². The second-order valence-corrected chi connectivity index (χ2v) is 10.1. The molecule has 3 nitrogen and oxygen atoms in total. The molecule has 0 aliphatic carbocycles. The number of fused-ring (bicyclic) bond motifs is 2. The minimum Gasteiger partial charge on any atom is -0.390 e. The first-order chi connectivity index (χ1) is 16.4. The molecule has 3 aromatic rings. The van der Waals surface area contributed by atoms with E-state index in [1.165, 1.54) is 18.4 Å². The largest absolute Gasteiger partial charge is 0.390 e. The van der Waals surface area contributed by atoms with E-state index < -0.39 is 5.60 Å². The van der Waals surface area contributed by atoms with Gasteiger partial charge in [-0.1, -0.05) is 60.0 Å². The van der Waals surface area contributed by atoms with Crippen molar-refractivity contribution in [1.29, 1.82) is 0 Å². The topological polar surface area (TPSA) is 36.4 Å². The van der Waals surface area contributed by atoms with Crippen LogP contribution in [0, 0.1) is 11.8 Å². The number of aromatic nitrogens is 1. The molecule has 34 heavy (non-hydrogen) atoms. The SMILES string of the molecule is CC1(O)CC2CCC(C1)N2CC=Cc1ccc(C#Cc2ccc(-c3ccc(Cl)cc3)cn2)cc1. The highest BCUT2D eigenvalue weighted by atomic mass is 35.5. The van der Waals surface area contributed by atoms with Crippen LogP contribution in [0.1, 0.15) is 49.4 Å². The number of benzene rings is 2. The van der Waals surface area contributed by atoms with Crippen LogP contribution in [-0.2, 0) is 0 Å². The molecule has 2 saturated heterocycles. The molecule has 2 aliphatic heterocycles. The second-order valence-electron chi connectivity index (χ2n) is 9.70. The van der Waals surface area contributed by atoms with Crippen molar-refractivity contribution in [2.45, 2.75) is 50.3 Å². The summed E-state index contributed by atoms with van der Waals surface area (Å²) in [6.07, 6.45) is 10.5. The molecule has 2 bridgehead atoms. The van der Waals surface area contributed by atoms with Crippen LogP contribution in [-0.4, -0.2) is 39.2 Å². The Labute approximate surface area is 207 Å². The Morgan fingerprint density at radius 2 is 1.65 bits per heavy atom. The third-order valence-corrected chi connectivity index (χ3v) is 7.19. The van der Waals surface area contributed by atoms with Crippen molar-refractivity contribution in [3.8, 4) is 23.0 Å². The maximum Gasteiger partial charge on any atom is 0.113 e. The van der Waals surface area contributed by atoms with Gasteiger partial charge in [0.15, 0.2) is 0 Å². The lowest BCUT2D eigenvalue weighted by Crippen LogP contribution is -2.49. The minimum atomic E-state index is -0.489. The molecule has 2 fully saturated rings. The van der Waals surface area contributed by atoms with E-state index in [0.29, 0.717) is 12.1 Å². The zero-order chi connectivity index (χ0) is 23.5. The van der Waals surface area contributed by atoms with Gasteiger partial charge in [-0.15, -0.1) is 0 Å². The van der Waals surface area contributed by atoms with E-state index in [-0.39, 0.29) is 0 Å². The maximum atomic E-state index is 10.4. The molecule has 0 saturated carbocycles. The Bertz CT molecular complexity index is 1200. The van der Waals surface area contributed by atoms with Crippen molar-refractivity contribution in [3.63, 3.8) is 0 Å². The Morgan fingerprint density at radius 3 is 2.29 bits per heavy atom. The molecule has 2 unspecified atom stereocenters. The molecule has 0 spiro atoms. The number of piperidine rings is 1. The number of hydrogen-bond donors (Lipinski definition) is 1. The Morgan fingerprint density at radius 1 is 0.971 bits per heavy atom. The van der Waals surface area contributed by atoms with E-state index in [0.717, 1.165) is 46.8 Å². The van der Waals surface area contributed by atoms with Crippen LogP contribution in [0.2, 0.25) is 5.02 Å². The van der Waals surface area contributed by atoms with Gasteiger partial charge in [-0.3, -0.25) is 4.90 Å². The van der Waals surface area contributed by atoms with Crippen molar-refractivity contribution in [1.82, 2.24) is 9.88 Å². The van der Waals surface area contributed by atoms with Gasteiger partial charge in [0.1, 0.15) is 5.69 Å². The van der Waals surface area contributed by atoms with Crippen LogP contribution in [0.4, 0.5) is 0 Å². The lowest BCUT2D eigenvalue weighted by atomic mass is 9.88. The van der Waals surface area contributed by atoms with Gasteiger partial charge in [-0.2, -0.15) is 0 Å². The predicted molar refractivity (Wildman–Crippen MR) is 140 cm³/mol. The summed E-state index contributed by atoms with van der Waals surface area (Å²) in [6.45, 7) is 2.94. The first-order valence-corrected chi connectivity index (χ1v) is 12.3. The van der Waals surface area contributed by atoms with Gasteiger partial charge >= 0.3 is 0 Å². The molecule has 1 aromatic heterocycles. The van der Waals surface area contributed by atoms with E-state index >= 15 is 0 Å². The smallest absolute Gasteiger partial charge is 0.113 e. The molecular weight excluding hydrogens is 440 g/mol. The first-order valence-electron chi connectivity index (χ1n) is 11.9. The zero-order valence-corrected chi connectivity index (χ0v) is 20.2. The van der Waals surface area contributed by atoms with Gasteiger partial charge in [-0.25, -0.2) is 4.98 Å². The molecule has 172 valence electrons. The maximum absolute atomic E-state index is 10.4. The molecule has 2 aliphatic rings. The summed E-state index contributed by atoms with van der Waals surface area (Å²) in [7, 11) is 0. The monoisotopic (exact) mass is 468 g/mol. The number of pyridine rings is 1. The Balaban J connectivity index is 1.17. The van der Waals surface area contributed by atoms with E-state index in [9.17, 15) is 5.11 Å². The highest BCUT2D eigenvalue weighted by molar-refractivity contribution is 6.30. The summed E-state index contributed by atoms with van der Waals surface area (Å²) >= 11 is 5.96. The van der Waals surface area contributed by atoms with Gasteiger partial charge in [0, 0.05) is 41.0 Å². The van der Waals surface area contributed by atoms with Crippen LogP contribution in [0.5, 0.6) is 0 Å². The normalized spacial score (nSPS) is 24.2. The summed E-state index contributed by atoms with van der Waals surface area (Å²) in [5.74, 6) is 6.35. The van der Waals surface area contributed by atoms with Crippen LogP contribution < -0.4 is 0 Å². The summed E-state index contributed by atoms with van der Waals surface area (Å²) in [5.41, 5.74) is 4.53. The van der Waals surface area contributed by atoms with Crippen molar-refractivity contribution < 1.29 is 5.11 Å². The quantitative estimate of drug-likeness (QED) is 0.463. The highest BCUT2D eigenvalue weighted by Gasteiger charge is 2.44. The van der Waals surface area contributed by atoms with E-state index in [4.69, 9.17) is 11.6 Å². The highest BCUT2D eigenvalue weighted by Crippen LogP contribution is 2.40. The summed E-state index contributed by atoms with van der Waals surface area (Å²) in [6, 6.07) is 21.1. The zero-order valence-electron chi connectivity index (χ0n) is 19.4. The molecule has 4 heteroatoms. The fraction of sp³-hybridized carbons (Fsp3) is 0.300. The summed E-state index contributed by atoms with van der Waals surface area (Å²) in [4.78, 5) is 7.05. The fourth-order valence-corrected chi connectivity index (χ4v) is 5.38. The summed E-state index contributed by atoms with van der Waals surface area (Å²) < 4.78 is 0. The molecule has 2 aromatic carbocycles. The molecule has 5 rings (SSSR count). The van der Waals surface area contributed by atoms with Crippen molar-refractivity contribution in [2.24, 2.45) is 0 Å². The Hall–Kier alpha value is -2.90. The molecule has 3 heterocycles. The van der Waals surface area contributed by atoms with Gasteiger partial charge in [0.25, 0.3) is 0 Å². The minimum absolute atomic E-state index is 0.489. The van der Waals surface area contributed by atoms with Gasteiger partial charge < -0.3 is 5.11 Å². The molecule has 0 amide bonds. The average Bonchev–Trinajstić information content (AvgIpc) is 3.09. The number of aliphatic hydroxyl groups is 1. The van der Waals surface area contributed by atoms with Crippen LogP contribution in [0.15, 0.2) is 72.9 Å². The predicted octanol–water partition coefficient (Wildman–Crippen LogP) is 6.19. The molecule has 0 radical (unpaired) electrons. The van der Waals surface area contributed by atoms with Crippen LogP contribution in [0.25, 0.3) is 17.2 Å². The fourth-order valence-electron chi connectivity index (χ4n) is 5.26. The Kier molecular flexibility index (Phi) is 6.57. The lowest BCUT2D eigenvalue weighted by molar-refractivity contribution is -0.0345. The number of hydrogen-bond acceptors (Lipinski definition) is 3. The third-order valence-electron chi connectivity index (χ3n) is 6.94. The van der Waals surface area contributed by atoms with E-state index in [1.54, 1.807) is 0 Å². The number of halogens is 1. The van der Waals surface area contributed by atoms with Gasteiger partial charge in [0.05, 0.1) is 5.60 Å². The molecule has 1 N–H and O–H groups in total. The number of nitrogens with zero attached hydrogens (tertiary/aromatic N) is 2. The first kappa shape index (κ1) is 22.9. The van der Waals surface area contributed by atoms with Gasteiger partial charge in [0.2, 0.25) is 0 Å². The lowest BCUT2D eigenvalue weighted by Gasteiger charge is -2.41. The summed E-state index contributed by atoms with van der Waals surface area (Å²) in [5, 5.41) is 11.1. The van der Waals surface area contributed by atoms with Crippen LogP contribution in [0.3, 0.4) is 0 Å². The molecule has 2 atom stereocenters. The van der Waals surface area contributed by atoms with Crippen molar-refractivity contribution in [2.75, 3.05) is 6.54 Å². The average molecular weight is 469 g/mol. The van der Waals surface area contributed by atoms with E-state index in [1.807, 2.05) is 49.5 Å². The third kappa shape index (κ3) is 5.42. The van der Waals surface area contributed by atoms with Crippen molar-refractivity contribution >= 4 is 17.7 Å². The standard InChI is InChI=1S/C30H29ClN2O/c1-30(34)19-28-16-17-29(20-30)33(28)18-2-3-22-4-6-23(7-5-22)8-14-27-15-11-25(21-32-27)24-9-12-26(31)13-10-24/h2-7,9-13,15,21,28-29,34H,16-20H2,1H3. The van der Waals surface area contributed by atoms with Gasteiger partial charge in [-0.05, 0) is 80.0 Å².